The third-order valence-corrected chi connectivity index (χ3v) is 6.11. The van der Waals surface area contributed by atoms with Crippen molar-refractivity contribution in [3.05, 3.63) is 47.5 Å². The Bertz CT molecular complexity index is 1020. The summed E-state index contributed by atoms with van der Waals surface area (Å²) in [7, 11) is 3.02. The zero-order valence-electron chi connectivity index (χ0n) is 18.8. The van der Waals surface area contributed by atoms with E-state index in [2.05, 4.69) is 10.6 Å². The molecule has 2 amide bonds. The van der Waals surface area contributed by atoms with Crippen LogP contribution in [0.3, 0.4) is 0 Å². The van der Waals surface area contributed by atoms with Gasteiger partial charge in [-0.25, -0.2) is 0 Å². The lowest BCUT2D eigenvalue weighted by Gasteiger charge is -2.38. The van der Waals surface area contributed by atoms with Gasteiger partial charge in [0.25, 0.3) is 5.91 Å². The zero-order chi connectivity index (χ0) is 23.3. The van der Waals surface area contributed by atoms with Gasteiger partial charge in [-0.05, 0) is 48.7 Å². The van der Waals surface area contributed by atoms with Crippen LogP contribution in [0.25, 0.3) is 0 Å². The highest BCUT2D eigenvalue weighted by atomic mass is 16.7. The Morgan fingerprint density at radius 1 is 0.939 bits per heavy atom. The average Bonchev–Trinajstić information content (AvgIpc) is 3.34. The Morgan fingerprint density at radius 2 is 1.70 bits per heavy atom. The van der Waals surface area contributed by atoms with Crippen molar-refractivity contribution >= 4 is 11.8 Å². The Kier molecular flexibility index (Phi) is 6.88. The molecule has 2 aliphatic rings. The maximum atomic E-state index is 12.6. The summed E-state index contributed by atoms with van der Waals surface area (Å²) in [5, 5.41) is 5.63. The molecule has 2 aromatic rings. The van der Waals surface area contributed by atoms with E-state index in [4.69, 9.17) is 23.7 Å². The SMILES string of the molecule is COc1ccc(C(=O)NCC(=O)NCC2(c3ccc4c(c3)OCO4)CCOCC2)cc1OC. The predicted octanol–water partition coefficient (Wildman–Crippen LogP) is 2.03. The second kappa shape index (κ2) is 9.99. The van der Waals surface area contributed by atoms with Crippen LogP contribution >= 0.6 is 0 Å². The first-order valence-corrected chi connectivity index (χ1v) is 10.8. The molecule has 0 bridgehead atoms. The van der Waals surface area contributed by atoms with E-state index >= 15 is 0 Å². The lowest BCUT2D eigenvalue weighted by molar-refractivity contribution is -0.120. The van der Waals surface area contributed by atoms with E-state index in [0.29, 0.717) is 42.6 Å². The number of fused-ring (bicyclic) bond motifs is 1. The summed E-state index contributed by atoms with van der Waals surface area (Å²) in [4.78, 5) is 25.0. The van der Waals surface area contributed by atoms with Crippen molar-refractivity contribution in [3.8, 4) is 23.0 Å². The Labute approximate surface area is 192 Å². The molecule has 2 heterocycles. The standard InChI is InChI=1S/C24H28N2O7/c1-29-18-5-3-16(11-20(18)30-2)23(28)25-13-22(27)26-14-24(7-9-31-10-8-24)17-4-6-19-21(12-17)33-15-32-19/h3-6,11-12H,7-10,13-15H2,1-2H3,(H,25,28)(H,26,27). The third kappa shape index (κ3) is 4.98. The van der Waals surface area contributed by atoms with Crippen molar-refractivity contribution in [2.75, 3.05) is 47.3 Å². The summed E-state index contributed by atoms with van der Waals surface area (Å²) < 4.78 is 26.9. The van der Waals surface area contributed by atoms with Crippen molar-refractivity contribution in [1.29, 1.82) is 0 Å². The average molecular weight is 456 g/mol. The van der Waals surface area contributed by atoms with Crippen molar-refractivity contribution < 1.29 is 33.3 Å². The van der Waals surface area contributed by atoms with Gasteiger partial charge >= 0.3 is 0 Å². The summed E-state index contributed by atoms with van der Waals surface area (Å²) in [6.07, 6.45) is 1.54. The number of nitrogens with one attached hydrogen (secondary N) is 2. The first-order chi connectivity index (χ1) is 16.0. The third-order valence-electron chi connectivity index (χ3n) is 6.11. The number of carbonyl (C=O) groups is 2. The molecule has 0 aliphatic carbocycles. The fraction of sp³-hybridized carbons (Fsp3) is 0.417. The van der Waals surface area contributed by atoms with Gasteiger partial charge in [0.1, 0.15) is 0 Å². The van der Waals surface area contributed by atoms with E-state index in [1.54, 1.807) is 18.2 Å². The fourth-order valence-electron chi connectivity index (χ4n) is 4.13. The van der Waals surface area contributed by atoms with Gasteiger partial charge < -0.3 is 34.3 Å². The van der Waals surface area contributed by atoms with E-state index in [1.165, 1.54) is 14.2 Å². The van der Waals surface area contributed by atoms with Crippen LogP contribution in [0.1, 0.15) is 28.8 Å². The number of carbonyl (C=O) groups excluding carboxylic acids is 2. The maximum Gasteiger partial charge on any atom is 0.251 e. The highest BCUT2D eigenvalue weighted by molar-refractivity contribution is 5.97. The van der Waals surface area contributed by atoms with Gasteiger partial charge in [-0.3, -0.25) is 9.59 Å². The number of amides is 2. The second-order valence-corrected chi connectivity index (χ2v) is 7.99. The Balaban J connectivity index is 1.37. The van der Waals surface area contributed by atoms with E-state index in [-0.39, 0.29) is 30.6 Å². The number of hydrogen-bond donors (Lipinski definition) is 2. The van der Waals surface area contributed by atoms with Crippen LogP contribution in [0.15, 0.2) is 36.4 Å². The smallest absolute Gasteiger partial charge is 0.251 e. The molecule has 0 spiro atoms. The summed E-state index contributed by atoms with van der Waals surface area (Å²) in [6.45, 7) is 1.73. The molecular weight excluding hydrogens is 428 g/mol. The van der Waals surface area contributed by atoms with Crippen molar-refractivity contribution in [2.24, 2.45) is 0 Å². The molecule has 1 saturated heterocycles. The van der Waals surface area contributed by atoms with E-state index in [9.17, 15) is 9.59 Å². The number of benzene rings is 2. The minimum Gasteiger partial charge on any atom is -0.493 e. The lowest BCUT2D eigenvalue weighted by Crippen LogP contribution is -2.47. The van der Waals surface area contributed by atoms with Gasteiger partial charge in [0.15, 0.2) is 23.0 Å². The molecule has 1 fully saturated rings. The lowest BCUT2D eigenvalue weighted by atomic mass is 9.74. The first-order valence-electron chi connectivity index (χ1n) is 10.8. The van der Waals surface area contributed by atoms with Crippen LogP contribution < -0.4 is 29.6 Å². The van der Waals surface area contributed by atoms with Gasteiger partial charge in [-0.15, -0.1) is 0 Å². The van der Waals surface area contributed by atoms with Crippen LogP contribution in [-0.4, -0.2) is 59.1 Å². The molecule has 176 valence electrons. The first kappa shape index (κ1) is 22.7. The number of ether oxygens (including phenoxy) is 5. The van der Waals surface area contributed by atoms with E-state index < -0.39 is 0 Å². The molecule has 0 atom stereocenters. The molecular formula is C24H28N2O7. The maximum absolute atomic E-state index is 12.6. The van der Waals surface area contributed by atoms with Crippen LogP contribution in [0.4, 0.5) is 0 Å². The zero-order valence-corrected chi connectivity index (χ0v) is 18.8. The Hall–Kier alpha value is -3.46. The molecule has 0 aromatic heterocycles. The summed E-state index contributed by atoms with van der Waals surface area (Å²) in [5.41, 5.74) is 1.17. The van der Waals surface area contributed by atoms with Crippen LogP contribution in [0, 0.1) is 0 Å². The number of methoxy groups -OCH3 is 2. The van der Waals surface area contributed by atoms with Gasteiger partial charge in [0, 0.05) is 30.7 Å². The highest BCUT2D eigenvalue weighted by Gasteiger charge is 2.36. The Morgan fingerprint density at radius 3 is 2.45 bits per heavy atom. The summed E-state index contributed by atoms with van der Waals surface area (Å²) in [6, 6.07) is 10.7. The van der Waals surface area contributed by atoms with Gasteiger partial charge in [0.05, 0.1) is 20.8 Å². The normalized spacial score (nSPS) is 16.1. The molecule has 33 heavy (non-hydrogen) atoms. The van der Waals surface area contributed by atoms with Gasteiger partial charge in [0.2, 0.25) is 12.7 Å². The topological polar surface area (TPSA) is 104 Å². The van der Waals surface area contributed by atoms with Gasteiger partial charge in [-0.2, -0.15) is 0 Å². The van der Waals surface area contributed by atoms with Crippen molar-refractivity contribution in [3.63, 3.8) is 0 Å². The number of hydrogen-bond acceptors (Lipinski definition) is 7. The highest BCUT2D eigenvalue weighted by Crippen LogP contribution is 2.40. The molecule has 2 aromatic carbocycles. The van der Waals surface area contributed by atoms with E-state index in [0.717, 1.165) is 24.2 Å². The fourth-order valence-corrected chi connectivity index (χ4v) is 4.13. The minimum absolute atomic E-state index is 0.138. The van der Waals surface area contributed by atoms with Crippen LogP contribution in [0.2, 0.25) is 0 Å². The summed E-state index contributed by atoms with van der Waals surface area (Å²) in [5.74, 6) is 1.77. The van der Waals surface area contributed by atoms with Crippen molar-refractivity contribution in [1.82, 2.24) is 10.6 Å². The van der Waals surface area contributed by atoms with Gasteiger partial charge in [-0.1, -0.05) is 6.07 Å². The monoisotopic (exact) mass is 456 g/mol. The van der Waals surface area contributed by atoms with E-state index in [1.807, 2.05) is 18.2 Å². The van der Waals surface area contributed by atoms with Crippen LogP contribution in [-0.2, 0) is 14.9 Å². The molecule has 4 rings (SSSR count). The molecule has 2 aliphatic heterocycles. The minimum atomic E-state index is -0.373. The second-order valence-electron chi connectivity index (χ2n) is 7.99. The molecule has 0 unspecified atom stereocenters. The van der Waals surface area contributed by atoms with Crippen LogP contribution in [0.5, 0.6) is 23.0 Å². The van der Waals surface area contributed by atoms with Crippen molar-refractivity contribution in [2.45, 2.75) is 18.3 Å². The molecule has 9 heteroatoms. The molecule has 0 saturated carbocycles. The predicted molar refractivity (Wildman–Crippen MR) is 119 cm³/mol. The quantitative estimate of drug-likeness (QED) is 0.626. The molecule has 9 nitrogen and oxygen atoms in total. The number of rotatable bonds is 8. The molecule has 2 N–H and O–H groups in total. The summed E-state index contributed by atoms with van der Waals surface area (Å²) >= 11 is 0. The largest absolute Gasteiger partial charge is 0.493 e. The molecule has 0 radical (unpaired) electrons.